The predicted octanol–water partition coefficient (Wildman–Crippen LogP) is 1.22. The summed E-state index contributed by atoms with van der Waals surface area (Å²) in [5.41, 5.74) is 7.01. The Morgan fingerprint density at radius 2 is 2.00 bits per heavy atom. The monoisotopic (exact) mass is 283 g/mol. The molecule has 0 aromatic carbocycles. The van der Waals surface area contributed by atoms with Gasteiger partial charge < -0.3 is 24.7 Å². The molecule has 0 unspecified atom stereocenters. The molecule has 0 aliphatic heterocycles. The molecule has 0 spiro atoms. The van der Waals surface area contributed by atoms with E-state index in [9.17, 15) is 4.79 Å². The van der Waals surface area contributed by atoms with Crippen LogP contribution in [0.3, 0.4) is 0 Å². The molecular formula is C14H25N3O3. The number of hydrogen-bond acceptors (Lipinski definition) is 4. The van der Waals surface area contributed by atoms with Crippen LogP contribution in [0.1, 0.15) is 23.8 Å². The van der Waals surface area contributed by atoms with Crippen molar-refractivity contribution in [3.8, 4) is 0 Å². The third kappa shape index (κ3) is 4.54. The molecule has 0 saturated heterocycles. The Kier molecular flexibility index (Phi) is 7.11. The van der Waals surface area contributed by atoms with Crippen molar-refractivity contribution in [2.75, 3.05) is 46.3 Å². The normalized spacial score (nSPS) is 10.8. The lowest BCUT2D eigenvalue weighted by Crippen LogP contribution is -2.36. The van der Waals surface area contributed by atoms with Gasteiger partial charge >= 0.3 is 0 Å². The summed E-state index contributed by atoms with van der Waals surface area (Å²) in [7, 11) is 3.29. The summed E-state index contributed by atoms with van der Waals surface area (Å²) in [4.78, 5) is 14.4. The van der Waals surface area contributed by atoms with Crippen molar-refractivity contribution in [3.05, 3.63) is 18.0 Å². The summed E-state index contributed by atoms with van der Waals surface area (Å²) in [6.45, 7) is 5.06. The average Bonchev–Trinajstić information content (AvgIpc) is 2.83. The topological polar surface area (TPSA) is 69.7 Å². The second-order valence-corrected chi connectivity index (χ2v) is 4.58. The standard InChI is InChI=1S/C14H25N3O3/c1-4-16-11-12(15)10-13(16)14(18)17(7-9-20-3)6-5-8-19-2/h10-11H,4-9,15H2,1-3H3. The smallest absolute Gasteiger partial charge is 0.270 e. The minimum atomic E-state index is -0.0169. The molecule has 0 fully saturated rings. The van der Waals surface area contributed by atoms with Crippen LogP contribution < -0.4 is 5.73 Å². The summed E-state index contributed by atoms with van der Waals surface area (Å²) in [5.74, 6) is -0.0169. The number of hydrogen-bond donors (Lipinski definition) is 1. The van der Waals surface area contributed by atoms with Crippen molar-refractivity contribution < 1.29 is 14.3 Å². The molecule has 0 aliphatic rings. The van der Waals surface area contributed by atoms with Crippen molar-refractivity contribution in [1.82, 2.24) is 9.47 Å². The van der Waals surface area contributed by atoms with Crippen LogP contribution >= 0.6 is 0 Å². The zero-order valence-corrected chi connectivity index (χ0v) is 12.6. The lowest BCUT2D eigenvalue weighted by molar-refractivity contribution is 0.0664. The van der Waals surface area contributed by atoms with Gasteiger partial charge in [0.15, 0.2) is 0 Å². The van der Waals surface area contributed by atoms with Gasteiger partial charge in [-0.2, -0.15) is 0 Å². The van der Waals surface area contributed by atoms with Crippen LogP contribution in [-0.2, 0) is 16.0 Å². The summed E-state index contributed by atoms with van der Waals surface area (Å²) < 4.78 is 12.0. The van der Waals surface area contributed by atoms with Crippen molar-refractivity contribution in [2.24, 2.45) is 0 Å². The fraction of sp³-hybridized carbons (Fsp3) is 0.643. The fourth-order valence-corrected chi connectivity index (χ4v) is 2.05. The van der Waals surface area contributed by atoms with Crippen LogP contribution in [0, 0.1) is 0 Å². The van der Waals surface area contributed by atoms with E-state index in [1.54, 1.807) is 31.4 Å². The van der Waals surface area contributed by atoms with Gasteiger partial charge in [-0.1, -0.05) is 0 Å². The molecule has 114 valence electrons. The minimum Gasteiger partial charge on any atom is -0.397 e. The van der Waals surface area contributed by atoms with E-state index in [4.69, 9.17) is 15.2 Å². The van der Waals surface area contributed by atoms with E-state index in [1.807, 2.05) is 11.5 Å². The van der Waals surface area contributed by atoms with Crippen LogP contribution in [0.2, 0.25) is 0 Å². The molecule has 1 rings (SSSR count). The SMILES string of the molecule is CCn1cc(N)cc1C(=O)N(CCCOC)CCOC. The first-order chi connectivity index (χ1) is 9.63. The van der Waals surface area contributed by atoms with Gasteiger partial charge in [-0.05, 0) is 19.4 Å². The summed E-state index contributed by atoms with van der Waals surface area (Å²) in [6, 6.07) is 1.72. The van der Waals surface area contributed by atoms with E-state index >= 15 is 0 Å². The maximum absolute atomic E-state index is 12.6. The Hall–Kier alpha value is -1.53. The van der Waals surface area contributed by atoms with Crippen LogP contribution in [0.25, 0.3) is 0 Å². The number of ether oxygens (including phenoxy) is 2. The first kappa shape index (κ1) is 16.5. The number of amides is 1. The highest BCUT2D eigenvalue weighted by molar-refractivity contribution is 5.93. The first-order valence-electron chi connectivity index (χ1n) is 6.86. The average molecular weight is 283 g/mol. The molecule has 0 bridgehead atoms. The van der Waals surface area contributed by atoms with Gasteiger partial charge in [0.05, 0.1) is 12.3 Å². The highest BCUT2D eigenvalue weighted by atomic mass is 16.5. The number of carbonyl (C=O) groups is 1. The van der Waals surface area contributed by atoms with Gasteiger partial charge in [-0.25, -0.2) is 0 Å². The van der Waals surface area contributed by atoms with E-state index in [0.717, 1.165) is 6.42 Å². The predicted molar refractivity (Wildman–Crippen MR) is 78.8 cm³/mol. The maximum atomic E-state index is 12.6. The van der Waals surface area contributed by atoms with E-state index in [1.165, 1.54) is 0 Å². The molecule has 0 radical (unpaired) electrons. The molecule has 1 heterocycles. The lowest BCUT2D eigenvalue weighted by Gasteiger charge is -2.22. The van der Waals surface area contributed by atoms with Crippen molar-refractivity contribution >= 4 is 11.6 Å². The van der Waals surface area contributed by atoms with Crippen LogP contribution in [0.15, 0.2) is 12.3 Å². The fourth-order valence-electron chi connectivity index (χ4n) is 2.05. The summed E-state index contributed by atoms with van der Waals surface area (Å²) in [6.07, 6.45) is 2.59. The largest absolute Gasteiger partial charge is 0.397 e. The quantitative estimate of drug-likeness (QED) is 0.692. The Morgan fingerprint density at radius 3 is 2.60 bits per heavy atom. The Labute approximate surface area is 120 Å². The molecule has 1 aromatic heterocycles. The molecule has 1 aromatic rings. The number of methoxy groups -OCH3 is 2. The Morgan fingerprint density at radius 1 is 1.30 bits per heavy atom. The molecule has 0 atom stereocenters. The number of aryl methyl sites for hydroxylation is 1. The van der Waals surface area contributed by atoms with Crippen molar-refractivity contribution in [1.29, 1.82) is 0 Å². The first-order valence-corrected chi connectivity index (χ1v) is 6.86. The molecule has 6 heteroatoms. The van der Waals surface area contributed by atoms with E-state index < -0.39 is 0 Å². The van der Waals surface area contributed by atoms with Gasteiger partial charge in [0.1, 0.15) is 5.69 Å². The second-order valence-electron chi connectivity index (χ2n) is 4.58. The number of rotatable bonds is 9. The third-order valence-electron chi connectivity index (χ3n) is 3.11. The zero-order valence-electron chi connectivity index (χ0n) is 12.6. The second kappa shape index (κ2) is 8.60. The number of anilines is 1. The Balaban J connectivity index is 2.79. The summed E-state index contributed by atoms with van der Waals surface area (Å²) >= 11 is 0. The lowest BCUT2D eigenvalue weighted by atomic mass is 10.3. The summed E-state index contributed by atoms with van der Waals surface area (Å²) in [5, 5.41) is 0. The van der Waals surface area contributed by atoms with Crippen molar-refractivity contribution in [2.45, 2.75) is 19.9 Å². The molecule has 6 nitrogen and oxygen atoms in total. The number of aromatic nitrogens is 1. The molecule has 20 heavy (non-hydrogen) atoms. The van der Waals surface area contributed by atoms with Gasteiger partial charge in [0, 0.05) is 46.7 Å². The third-order valence-corrected chi connectivity index (χ3v) is 3.11. The number of nitrogens with zero attached hydrogens (tertiary/aromatic N) is 2. The number of nitrogen functional groups attached to an aromatic ring is 1. The molecular weight excluding hydrogens is 258 g/mol. The zero-order chi connectivity index (χ0) is 15.0. The molecule has 1 amide bonds. The van der Waals surface area contributed by atoms with Gasteiger partial charge in [-0.3, -0.25) is 4.79 Å². The maximum Gasteiger partial charge on any atom is 0.270 e. The molecule has 0 aliphatic carbocycles. The van der Waals surface area contributed by atoms with Crippen LogP contribution in [0.5, 0.6) is 0 Å². The highest BCUT2D eigenvalue weighted by Crippen LogP contribution is 2.13. The number of nitrogens with two attached hydrogens (primary N) is 1. The minimum absolute atomic E-state index is 0.0169. The van der Waals surface area contributed by atoms with E-state index in [-0.39, 0.29) is 5.91 Å². The van der Waals surface area contributed by atoms with Gasteiger partial charge in [0.2, 0.25) is 0 Å². The van der Waals surface area contributed by atoms with Crippen LogP contribution in [0.4, 0.5) is 5.69 Å². The number of carbonyl (C=O) groups excluding carboxylic acids is 1. The highest BCUT2D eigenvalue weighted by Gasteiger charge is 2.19. The van der Waals surface area contributed by atoms with Gasteiger partial charge in [0.25, 0.3) is 5.91 Å². The van der Waals surface area contributed by atoms with Crippen LogP contribution in [-0.4, -0.2) is 55.9 Å². The van der Waals surface area contributed by atoms with Gasteiger partial charge in [-0.15, -0.1) is 0 Å². The molecule has 0 saturated carbocycles. The Bertz CT molecular complexity index is 418. The van der Waals surface area contributed by atoms with E-state index in [2.05, 4.69) is 0 Å². The van der Waals surface area contributed by atoms with Crippen molar-refractivity contribution in [3.63, 3.8) is 0 Å². The van der Waals surface area contributed by atoms with E-state index in [0.29, 0.717) is 44.2 Å². The molecule has 2 N–H and O–H groups in total.